The lowest BCUT2D eigenvalue weighted by Crippen LogP contribution is -2.48. The molecule has 1 aromatic rings. The monoisotopic (exact) mass is 310 g/mol. The number of amides is 1. The van der Waals surface area contributed by atoms with Crippen LogP contribution in [0, 0.1) is 5.92 Å². The molecule has 3 N–H and O–H groups in total. The Bertz CT molecular complexity index is 475. The van der Waals surface area contributed by atoms with Crippen LogP contribution in [0.5, 0.6) is 5.75 Å². The Morgan fingerprint density at radius 3 is 2.81 bits per heavy atom. The Morgan fingerprint density at radius 1 is 1.48 bits per heavy atom. The third kappa shape index (κ3) is 4.61. The largest absolute Gasteiger partial charge is 0.481 e. The molecule has 21 heavy (non-hydrogen) atoms. The zero-order valence-electron chi connectivity index (χ0n) is 12.3. The molecule has 0 heterocycles. The molecule has 1 aromatic carbocycles. The summed E-state index contributed by atoms with van der Waals surface area (Å²) in [7, 11) is 0. The van der Waals surface area contributed by atoms with E-state index in [0.29, 0.717) is 23.2 Å². The van der Waals surface area contributed by atoms with E-state index in [-0.39, 0.29) is 11.9 Å². The zero-order valence-corrected chi connectivity index (χ0v) is 13.1. The van der Waals surface area contributed by atoms with E-state index in [1.165, 1.54) is 12.8 Å². The van der Waals surface area contributed by atoms with Crippen LogP contribution in [-0.2, 0) is 4.79 Å². The van der Waals surface area contributed by atoms with Crippen molar-refractivity contribution in [2.45, 2.75) is 44.8 Å². The normalized spacial score (nSPS) is 18.2. The summed E-state index contributed by atoms with van der Waals surface area (Å²) in [6.45, 7) is 2.21. The highest BCUT2D eigenvalue weighted by Gasteiger charge is 2.27. The maximum Gasteiger partial charge on any atom is 0.261 e. The summed E-state index contributed by atoms with van der Waals surface area (Å²) >= 11 is 5.90. The highest BCUT2D eigenvalue weighted by atomic mass is 35.5. The van der Waals surface area contributed by atoms with E-state index in [1.54, 1.807) is 31.2 Å². The summed E-state index contributed by atoms with van der Waals surface area (Å²) < 4.78 is 5.63. The molecular formula is C16H23ClN2O2. The number of carbonyl (C=O) groups is 1. The third-order valence-electron chi connectivity index (χ3n) is 4.03. The molecule has 2 unspecified atom stereocenters. The van der Waals surface area contributed by atoms with E-state index < -0.39 is 6.10 Å². The molecule has 1 saturated carbocycles. The van der Waals surface area contributed by atoms with Crippen molar-refractivity contribution in [2.75, 3.05) is 6.54 Å². The second-order valence-corrected chi connectivity index (χ2v) is 6.05. The van der Waals surface area contributed by atoms with Crippen LogP contribution in [0.15, 0.2) is 24.3 Å². The van der Waals surface area contributed by atoms with E-state index in [9.17, 15) is 4.79 Å². The fraction of sp³-hybridized carbons (Fsp3) is 0.562. The summed E-state index contributed by atoms with van der Waals surface area (Å²) in [5.41, 5.74) is 5.80. The van der Waals surface area contributed by atoms with E-state index in [2.05, 4.69) is 5.32 Å². The minimum atomic E-state index is -0.570. The molecule has 1 aliphatic rings. The van der Waals surface area contributed by atoms with E-state index >= 15 is 0 Å². The highest BCUT2D eigenvalue weighted by molar-refractivity contribution is 6.30. The van der Waals surface area contributed by atoms with Crippen molar-refractivity contribution < 1.29 is 9.53 Å². The van der Waals surface area contributed by atoms with Gasteiger partial charge in [0, 0.05) is 17.6 Å². The highest BCUT2D eigenvalue weighted by Crippen LogP contribution is 2.27. The molecule has 0 saturated heterocycles. The van der Waals surface area contributed by atoms with Crippen LogP contribution < -0.4 is 15.8 Å². The Balaban J connectivity index is 1.89. The van der Waals surface area contributed by atoms with Gasteiger partial charge in [-0.25, -0.2) is 0 Å². The van der Waals surface area contributed by atoms with E-state index in [0.717, 1.165) is 12.8 Å². The number of halogens is 1. The molecule has 0 aliphatic heterocycles. The molecule has 0 radical (unpaired) electrons. The fourth-order valence-electron chi connectivity index (χ4n) is 2.83. The first-order chi connectivity index (χ1) is 10.1. The Hall–Kier alpha value is -1.26. The number of carbonyl (C=O) groups excluding carboxylic acids is 1. The van der Waals surface area contributed by atoms with Gasteiger partial charge in [0.25, 0.3) is 5.91 Å². The first kappa shape index (κ1) is 16.1. The summed E-state index contributed by atoms with van der Waals surface area (Å²) in [5, 5.41) is 3.61. The van der Waals surface area contributed by atoms with Gasteiger partial charge in [-0.15, -0.1) is 0 Å². The Morgan fingerprint density at radius 2 is 2.19 bits per heavy atom. The molecule has 116 valence electrons. The fourth-order valence-corrected chi connectivity index (χ4v) is 3.01. The lowest BCUT2D eigenvalue weighted by atomic mass is 9.98. The summed E-state index contributed by atoms with van der Waals surface area (Å²) in [6, 6.07) is 7.09. The topological polar surface area (TPSA) is 64.3 Å². The standard InChI is InChI=1S/C16H23ClN2O2/c1-11(21-14-8-4-7-13(17)9-14)16(20)19-15(10-18)12-5-2-3-6-12/h4,7-9,11-12,15H,2-3,5-6,10,18H2,1H3,(H,19,20). The summed E-state index contributed by atoms with van der Waals surface area (Å²) in [6.07, 6.45) is 4.17. The summed E-state index contributed by atoms with van der Waals surface area (Å²) in [5.74, 6) is 0.963. The molecule has 0 spiro atoms. The van der Waals surface area contributed by atoms with Crippen molar-refractivity contribution in [2.24, 2.45) is 11.7 Å². The van der Waals surface area contributed by atoms with E-state index in [4.69, 9.17) is 22.1 Å². The van der Waals surface area contributed by atoms with Gasteiger partial charge in [0.15, 0.2) is 6.10 Å². The third-order valence-corrected chi connectivity index (χ3v) is 4.26. The van der Waals surface area contributed by atoms with Gasteiger partial charge in [0.2, 0.25) is 0 Å². The van der Waals surface area contributed by atoms with Gasteiger partial charge in [-0.1, -0.05) is 30.5 Å². The number of rotatable bonds is 6. The van der Waals surface area contributed by atoms with Crippen LogP contribution in [-0.4, -0.2) is 24.6 Å². The minimum Gasteiger partial charge on any atom is -0.481 e. The van der Waals surface area contributed by atoms with Gasteiger partial charge in [-0.05, 0) is 43.9 Å². The maximum atomic E-state index is 12.2. The van der Waals surface area contributed by atoms with Crippen molar-refractivity contribution in [3.05, 3.63) is 29.3 Å². The lowest BCUT2D eigenvalue weighted by Gasteiger charge is -2.25. The molecule has 1 fully saturated rings. The second kappa shape index (κ2) is 7.66. The number of ether oxygens (including phenoxy) is 1. The molecule has 1 aliphatic carbocycles. The van der Waals surface area contributed by atoms with Crippen molar-refractivity contribution in [3.8, 4) is 5.75 Å². The van der Waals surface area contributed by atoms with Crippen molar-refractivity contribution in [1.82, 2.24) is 5.32 Å². The number of hydrogen-bond acceptors (Lipinski definition) is 3. The van der Waals surface area contributed by atoms with Crippen LogP contribution in [0.3, 0.4) is 0 Å². The van der Waals surface area contributed by atoms with Crippen LogP contribution in [0.25, 0.3) is 0 Å². The second-order valence-electron chi connectivity index (χ2n) is 5.61. The molecule has 2 rings (SSSR count). The van der Waals surface area contributed by atoms with Crippen LogP contribution >= 0.6 is 11.6 Å². The predicted molar refractivity (Wildman–Crippen MR) is 84.5 cm³/mol. The number of nitrogens with two attached hydrogens (primary N) is 1. The first-order valence-electron chi connectivity index (χ1n) is 7.53. The average Bonchev–Trinajstić information content (AvgIpc) is 2.98. The number of benzene rings is 1. The van der Waals surface area contributed by atoms with Crippen LogP contribution in [0.2, 0.25) is 5.02 Å². The predicted octanol–water partition coefficient (Wildman–Crippen LogP) is 2.74. The average molecular weight is 311 g/mol. The Kier molecular flexibility index (Phi) is 5.88. The zero-order chi connectivity index (χ0) is 15.2. The molecule has 0 aromatic heterocycles. The van der Waals surface area contributed by atoms with E-state index in [1.807, 2.05) is 0 Å². The number of nitrogens with one attached hydrogen (secondary N) is 1. The van der Waals surface area contributed by atoms with Crippen LogP contribution in [0.4, 0.5) is 0 Å². The van der Waals surface area contributed by atoms with Gasteiger partial charge in [-0.2, -0.15) is 0 Å². The molecule has 1 amide bonds. The van der Waals surface area contributed by atoms with Crippen LogP contribution in [0.1, 0.15) is 32.6 Å². The van der Waals surface area contributed by atoms with Gasteiger partial charge in [-0.3, -0.25) is 4.79 Å². The lowest BCUT2D eigenvalue weighted by molar-refractivity contribution is -0.128. The molecule has 4 nitrogen and oxygen atoms in total. The maximum absolute atomic E-state index is 12.2. The molecule has 5 heteroatoms. The smallest absolute Gasteiger partial charge is 0.261 e. The van der Waals surface area contributed by atoms with Gasteiger partial charge in [0.1, 0.15) is 5.75 Å². The van der Waals surface area contributed by atoms with Gasteiger partial charge in [0.05, 0.1) is 0 Å². The van der Waals surface area contributed by atoms with Crippen molar-refractivity contribution >= 4 is 17.5 Å². The van der Waals surface area contributed by atoms with Crippen molar-refractivity contribution in [1.29, 1.82) is 0 Å². The SMILES string of the molecule is CC(Oc1cccc(Cl)c1)C(=O)NC(CN)C1CCCC1. The van der Waals surface area contributed by atoms with Gasteiger partial charge >= 0.3 is 0 Å². The van der Waals surface area contributed by atoms with Gasteiger partial charge < -0.3 is 15.8 Å². The number of hydrogen-bond donors (Lipinski definition) is 2. The quantitative estimate of drug-likeness (QED) is 0.849. The molecule has 2 atom stereocenters. The minimum absolute atomic E-state index is 0.0467. The summed E-state index contributed by atoms with van der Waals surface area (Å²) in [4.78, 5) is 12.2. The Labute approximate surface area is 131 Å². The molecular weight excluding hydrogens is 288 g/mol. The first-order valence-corrected chi connectivity index (χ1v) is 7.90. The van der Waals surface area contributed by atoms with Crippen molar-refractivity contribution in [3.63, 3.8) is 0 Å². The molecule has 0 bridgehead atoms.